The first-order valence-electron chi connectivity index (χ1n) is 27.1. The summed E-state index contributed by atoms with van der Waals surface area (Å²) in [5, 5.41) is 10.3. The molecule has 0 atom stereocenters. The molecule has 0 bridgehead atoms. The molecule has 6 heteroatoms. The second kappa shape index (κ2) is 18.9. The van der Waals surface area contributed by atoms with Crippen LogP contribution < -0.4 is 9.80 Å². The number of nitrogens with zero attached hydrogens (tertiary/aromatic N) is 2. The minimum Gasteiger partial charge on any atom is -0.310 e. The van der Waals surface area contributed by atoms with E-state index in [1.165, 1.54) is 125 Å². The van der Waals surface area contributed by atoms with Gasteiger partial charge in [0.1, 0.15) is 0 Å². The Kier molecular flexibility index (Phi) is 11.1. The maximum Gasteiger partial charge on any atom is 0.0540 e. The van der Waals surface area contributed by atoms with Crippen LogP contribution in [-0.4, -0.2) is 0 Å². The maximum absolute atomic E-state index is 2.50. The summed E-state index contributed by atoms with van der Waals surface area (Å²) in [6.07, 6.45) is 0. The summed E-state index contributed by atoms with van der Waals surface area (Å²) in [4.78, 5) is 5.01. The van der Waals surface area contributed by atoms with E-state index in [0.717, 1.165) is 34.1 Å². The molecule has 0 spiro atoms. The van der Waals surface area contributed by atoms with Crippen LogP contribution in [0.3, 0.4) is 0 Å². The Morgan fingerprint density at radius 2 is 0.575 bits per heavy atom. The minimum atomic E-state index is 1.13. The molecule has 2 nitrogen and oxygen atoms in total. The number of hydrogen-bond donors (Lipinski definition) is 0. The van der Waals surface area contributed by atoms with E-state index in [2.05, 4.69) is 278 Å². The SMILES string of the molecule is Cc1cc(-c2ccc(N(c3ccc4sc5ccccc5c4c3)c3ccccc3-c3cccc4c3sc3ccccc34)c(C)c2)ccc1N(c1ccc2sc3ccccc3c2c1)c1ccccc1-c1cccc2c1sc1ccccc12. The summed E-state index contributed by atoms with van der Waals surface area (Å²) in [7, 11) is 0. The predicted octanol–water partition coefficient (Wildman–Crippen LogP) is 23.7. The van der Waals surface area contributed by atoms with Gasteiger partial charge >= 0.3 is 0 Å². The van der Waals surface area contributed by atoms with Gasteiger partial charge in [-0.15, -0.1) is 45.3 Å². The highest BCUT2D eigenvalue weighted by Crippen LogP contribution is 2.51. The van der Waals surface area contributed by atoms with Crippen LogP contribution in [0.25, 0.3) is 114 Å². The normalized spacial score (nSPS) is 11.9. The average Bonchev–Trinajstić information content (AvgIpc) is 4.46. The van der Waals surface area contributed by atoms with Crippen LogP contribution in [-0.2, 0) is 0 Å². The van der Waals surface area contributed by atoms with E-state index in [1.807, 2.05) is 45.3 Å². The lowest BCUT2D eigenvalue weighted by Gasteiger charge is -2.30. The molecule has 4 heterocycles. The van der Waals surface area contributed by atoms with Crippen molar-refractivity contribution in [3.63, 3.8) is 0 Å². The number of aryl methyl sites for hydroxylation is 2. The van der Waals surface area contributed by atoms with E-state index in [-0.39, 0.29) is 0 Å². The average molecular weight is 1090 g/mol. The van der Waals surface area contributed by atoms with Crippen LogP contribution in [0.1, 0.15) is 11.1 Å². The second-order valence-corrected chi connectivity index (χ2v) is 25.1. The molecule has 12 aromatic carbocycles. The van der Waals surface area contributed by atoms with Crippen LogP contribution in [0.5, 0.6) is 0 Å². The number of thiophene rings is 4. The van der Waals surface area contributed by atoms with Crippen LogP contribution in [0.2, 0.25) is 0 Å². The van der Waals surface area contributed by atoms with Crippen LogP contribution in [0.15, 0.2) is 255 Å². The third-order valence-electron chi connectivity index (χ3n) is 16.1. The highest BCUT2D eigenvalue weighted by atomic mass is 32.1. The first kappa shape index (κ1) is 47.1. The third-order valence-corrected chi connectivity index (χ3v) is 20.9. The first-order chi connectivity index (χ1) is 39.5. The highest BCUT2D eigenvalue weighted by Gasteiger charge is 2.25. The predicted molar refractivity (Wildman–Crippen MR) is 353 cm³/mol. The number of hydrogen-bond acceptors (Lipinski definition) is 6. The fourth-order valence-electron chi connectivity index (χ4n) is 12.4. The minimum absolute atomic E-state index is 1.13. The highest BCUT2D eigenvalue weighted by molar-refractivity contribution is 7.27. The van der Waals surface area contributed by atoms with Gasteiger partial charge in [0, 0.05) is 126 Å². The molecule has 16 aromatic rings. The van der Waals surface area contributed by atoms with Gasteiger partial charge in [0.05, 0.1) is 11.4 Å². The summed E-state index contributed by atoms with van der Waals surface area (Å²) in [5.74, 6) is 0. The Morgan fingerprint density at radius 3 is 1.00 bits per heavy atom. The Balaban J connectivity index is 0.840. The fraction of sp³-hybridized carbons (Fsp3) is 0.0270. The molecule has 0 saturated carbocycles. The summed E-state index contributed by atoms with van der Waals surface area (Å²) < 4.78 is 10.4. The lowest BCUT2D eigenvalue weighted by Crippen LogP contribution is -2.13. The van der Waals surface area contributed by atoms with Crippen molar-refractivity contribution in [3.8, 4) is 33.4 Å². The molecule has 0 N–H and O–H groups in total. The molecule has 0 amide bonds. The van der Waals surface area contributed by atoms with Crippen molar-refractivity contribution in [1.82, 2.24) is 0 Å². The molecule has 378 valence electrons. The van der Waals surface area contributed by atoms with E-state index in [1.54, 1.807) is 0 Å². The van der Waals surface area contributed by atoms with Gasteiger partial charge in [-0.3, -0.25) is 0 Å². The largest absolute Gasteiger partial charge is 0.310 e. The standard InChI is InChI=1S/C74H48N2S4/c1-45-41-47(33-37-63(45)75(49-35-39-71-61(43-49)55-21-7-11-29-67(55)77-71)65-27-9-3-17-51(65)57-23-15-25-59-53-19-5-13-31-69(53)79-73(57)59)48-34-38-64(46(2)42-48)76(50-36-40-72-62(44-50)56-22-8-12-30-68(56)78-72)66-28-10-4-18-52(66)58-24-16-26-60-54-20-6-14-32-70(54)80-74(58)60/h3-44H,1-2H3. The van der Waals surface area contributed by atoms with Crippen molar-refractivity contribution in [2.24, 2.45) is 0 Å². The van der Waals surface area contributed by atoms with Gasteiger partial charge in [-0.1, -0.05) is 158 Å². The van der Waals surface area contributed by atoms with E-state index >= 15 is 0 Å². The molecular formula is C74H48N2S4. The van der Waals surface area contributed by atoms with Crippen molar-refractivity contribution >= 4 is 160 Å². The molecule has 0 saturated heterocycles. The van der Waals surface area contributed by atoms with Gasteiger partial charge in [0.25, 0.3) is 0 Å². The first-order valence-corrected chi connectivity index (χ1v) is 30.4. The molecular weight excluding hydrogens is 1050 g/mol. The van der Waals surface area contributed by atoms with Crippen molar-refractivity contribution in [2.45, 2.75) is 13.8 Å². The number of rotatable bonds is 9. The van der Waals surface area contributed by atoms with Gasteiger partial charge < -0.3 is 9.80 Å². The molecule has 0 fully saturated rings. The van der Waals surface area contributed by atoms with Crippen LogP contribution in [0.4, 0.5) is 34.1 Å². The summed E-state index contributed by atoms with van der Waals surface area (Å²) in [5.41, 5.74) is 16.5. The number of fused-ring (bicyclic) bond motifs is 12. The lowest BCUT2D eigenvalue weighted by molar-refractivity contribution is 1.25. The zero-order valence-electron chi connectivity index (χ0n) is 43.8. The Labute approximate surface area is 479 Å². The maximum atomic E-state index is 2.50. The molecule has 80 heavy (non-hydrogen) atoms. The monoisotopic (exact) mass is 1090 g/mol. The van der Waals surface area contributed by atoms with Crippen molar-refractivity contribution in [2.75, 3.05) is 9.80 Å². The van der Waals surface area contributed by atoms with Gasteiger partial charge in [0.2, 0.25) is 0 Å². The topological polar surface area (TPSA) is 6.48 Å². The van der Waals surface area contributed by atoms with Gasteiger partial charge in [0.15, 0.2) is 0 Å². The third kappa shape index (κ3) is 7.62. The molecule has 0 aliphatic rings. The summed E-state index contributed by atoms with van der Waals surface area (Å²) >= 11 is 7.50. The molecule has 0 radical (unpaired) electrons. The van der Waals surface area contributed by atoms with E-state index in [0.29, 0.717) is 0 Å². The van der Waals surface area contributed by atoms with E-state index in [9.17, 15) is 0 Å². The Hall–Kier alpha value is -8.88. The lowest BCUT2D eigenvalue weighted by atomic mass is 9.96. The van der Waals surface area contributed by atoms with Crippen molar-refractivity contribution in [3.05, 3.63) is 266 Å². The molecule has 16 rings (SSSR count). The summed E-state index contributed by atoms with van der Waals surface area (Å²) in [6, 6.07) is 95.0. The van der Waals surface area contributed by atoms with Crippen molar-refractivity contribution in [1.29, 1.82) is 0 Å². The second-order valence-electron chi connectivity index (χ2n) is 20.8. The van der Waals surface area contributed by atoms with Crippen LogP contribution in [0, 0.1) is 13.8 Å². The molecule has 0 unspecified atom stereocenters. The molecule has 0 aliphatic carbocycles. The number of para-hydroxylation sites is 2. The number of anilines is 6. The van der Waals surface area contributed by atoms with Gasteiger partial charge in [-0.05, 0) is 133 Å². The van der Waals surface area contributed by atoms with Gasteiger partial charge in [-0.25, -0.2) is 0 Å². The summed E-state index contributed by atoms with van der Waals surface area (Å²) in [6.45, 7) is 4.56. The van der Waals surface area contributed by atoms with E-state index < -0.39 is 0 Å². The van der Waals surface area contributed by atoms with E-state index in [4.69, 9.17) is 0 Å². The molecule has 0 aliphatic heterocycles. The van der Waals surface area contributed by atoms with Gasteiger partial charge in [-0.2, -0.15) is 0 Å². The molecule has 4 aromatic heterocycles. The fourth-order valence-corrected chi connectivity index (χ4v) is 17.0. The Bertz CT molecular complexity index is 4820. The Morgan fingerprint density at radius 1 is 0.237 bits per heavy atom. The van der Waals surface area contributed by atoms with Crippen molar-refractivity contribution < 1.29 is 0 Å². The smallest absolute Gasteiger partial charge is 0.0540 e. The zero-order valence-corrected chi connectivity index (χ0v) is 47.0. The number of benzene rings is 12. The zero-order chi connectivity index (χ0) is 53.0. The quantitative estimate of drug-likeness (QED) is 0.142. The van der Waals surface area contributed by atoms with Crippen LogP contribution >= 0.6 is 45.3 Å².